The topological polar surface area (TPSA) is 56.0 Å². The molecule has 0 radical (unpaired) electrons. The fraction of sp³-hybridized carbons (Fsp3) is 0.538. The Bertz CT molecular complexity index is 379. The van der Waals surface area contributed by atoms with Gasteiger partial charge in [-0.05, 0) is 25.8 Å². The van der Waals surface area contributed by atoms with Crippen molar-refractivity contribution < 1.29 is 9.18 Å². The van der Waals surface area contributed by atoms with E-state index in [9.17, 15) is 9.18 Å². The zero-order chi connectivity index (χ0) is 12.8. The van der Waals surface area contributed by atoms with E-state index in [4.69, 9.17) is 5.73 Å². The van der Waals surface area contributed by atoms with Gasteiger partial charge in [0.1, 0.15) is 0 Å². The highest BCUT2D eigenvalue weighted by atomic mass is 19.1. The molecular weight excluding hydrogens is 219 g/mol. The number of nitrogens with two attached hydrogens (primary N) is 1. The van der Waals surface area contributed by atoms with Crippen LogP contribution in [0.1, 0.15) is 43.5 Å². The Balaban J connectivity index is 2.55. The molecule has 94 valence electrons. The average molecular weight is 238 g/mol. The van der Waals surface area contributed by atoms with E-state index in [1.807, 2.05) is 13.8 Å². The van der Waals surface area contributed by atoms with Gasteiger partial charge in [0.05, 0.1) is 11.8 Å². The van der Waals surface area contributed by atoms with Crippen LogP contribution in [0.4, 0.5) is 4.39 Å². The van der Waals surface area contributed by atoms with Crippen molar-refractivity contribution in [2.24, 2.45) is 11.7 Å². The normalized spacial score (nSPS) is 14.4. The van der Waals surface area contributed by atoms with E-state index < -0.39 is 5.82 Å². The molecule has 0 fully saturated rings. The van der Waals surface area contributed by atoms with E-state index in [-0.39, 0.29) is 23.3 Å². The molecule has 0 aliphatic carbocycles. The second kappa shape index (κ2) is 6.45. The molecule has 3 nitrogen and oxygen atoms in total. The van der Waals surface area contributed by atoms with E-state index in [1.54, 1.807) is 0 Å². The lowest BCUT2D eigenvalue weighted by Gasteiger charge is -2.11. The third kappa shape index (κ3) is 4.23. The first-order valence-electron chi connectivity index (χ1n) is 5.91. The van der Waals surface area contributed by atoms with Crippen molar-refractivity contribution in [2.45, 2.75) is 39.2 Å². The molecule has 1 rings (SSSR count). The lowest BCUT2D eigenvalue weighted by Crippen LogP contribution is -2.17. The second-order valence-corrected chi connectivity index (χ2v) is 4.53. The van der Waals surface area contributed by atoms with E-state index in [1.165, 1.54) is 12.3 Å². The molecule has 0 spiro atoms. The molecule has 0 aromatic carbocycles. The van der Waals surface area contributed by atoms with Gasteiger partial charge in [0.2, 0.25) is 0 Å². The Labute approximate surface area is 101 Å². The minimum Gasteiger partial charge on any atom is -0.328 e. The van der Waals surface area contributed by atoms with Crippen molar-refractivity contribution in [1.29, 1.82) is 0 Å². The number of hydrogen-bond acceptors (Lipinski definition) is 3. The SMILES string of the molecule is CC(N)CCCC(C)C(=O)c1ccncc1F. The average Bonchev–Trinajstić information content (AvgIpc) is 2.28. The van der Waals surface area contributed by atoms with Crippen LogP contribution in [0.2, 0.25) is 0 Å². The summed E-state index contributed by atoms with van der Waals surface area (Å²) in [5.41, 5.74) is 5.77. The van der Waals surface area contributed by atoms with E-state index in [2.05, 4.69) is 4.98 Å². The van der Waals surface area contributed by atoms with Crippen LogP contribution in [0, 0.1) is 11.7 Å². The summed E-state index contributed by atoms with van der Waals surface area (Å²) >= 11 is 0. The van der Waals surface area contributed by atoms with Crippen LogP contribution >= 0.6 is 0 Å². The molecule has 2 atom stereocenters. The minimum atomic E-state index is -0.545. The summed E-state index contributed by atoms with van der Waals surface area (Å²) in [5.74, 6) is -0.878. The van der Waals surface area contributed by atoms with Gasteiger partial charge >= 0.3 is 0 Å². The minimum absolute atomic E-state index is 0.133. The summed E-state index contributed by atoms with van der Waals surface area (Å²) < 4.78 is 13.3. The number of nitrogens with zero attached hydrogens (tertiary/aromatic N) is 1. The number of hydrogen-bond donors (Lipinski definition) is 1. The molecule has 0 aliphatic rings. The van der Waals surface area contributed by atoms with Crippen LogP contribution < -0.4 is 5.73 Å². The zero-order valence-corrected chi connectivity index (χ0v) is 10.3. The molecule has 0 amide bonds. The third-order valence-electron chi connectivity index (χ3n) is 2.78. The third-order valence-corrected chi connectivity index (χ3v) is 2.78. The number of aromatic nitrogens is 1. The van der Waals surface area contributed by atoms with Gasteiger partial charge in [-0.15, -0.1) is 0 Å². The molecule has 4 heteroatoms. The molecule has 0 saturated carbocycles. The van der Waals surface area contributed by atoms with Crippen molar-refractivity contribution >= 4 is 5.78 Å². The molecule has 0 aliphatic heterocycles. The monoisotopic (exact) mass is 238 g/mol. The number of pyridine rings is 1. The maximum Gasteiger partial charge on any atom is 0.168 e. The van der Waals surface area contributed by atoms with Gasteiger partial charge < -0.3 is 5.73 Å². The summed E-state index contributed by atoms with van der Waals surface area (Å²) in [7, 11) is 0. The van der Waals surface area contributed by atoms with Crippen molar-refractivity contribution in [3.63, 3.8) is 0 Å². The Morgan fingerprint density at radius 3 is 2.76 bits per heavy atom. The summed E-state index contributed by atoms with van der Waals surface area (Å²) in [4.78, 5) is 15.6. The first kappa shape index (κ1) is 13.8. The van der Waals surface area contributed by atoms with Crippen molar-refractivity contribution in [3.05, 3.63) is 29.8 Å². The fourth-order valence-corrected chi connectivity index (χ4v) is 1.72. The molecule has 1 aromatic rings. The molecular formula is C13H19FN2O. The van der Waals surface area contributed by atoms with Crippen LogP contribution in [0.5, 0.6) is 0 Å². The van der Waals surface area contributed by atoms with Gasteiger partial charge in [0.15, 0.2) is 11.6 Å². The lowest BCUT2D eigenvalue weighted by atomic mass is 9.94. The van der Waals surface area contributed by atoms with Gasteiger partial charge in [-0.2, -0.15) is 0 Å². The molecule has 2 unspecified atom stereocenters. The van der Waals surface area contributed by atoms with E-state index in [0.29, 0.717) is 0 Å². The highest BCUT2D eigenvalue weighted by molar-refractivity contribution is 5.97. The number of carbonyl (C=O) groups is 1. The van der Waals surface area contributed by atoms with Crippen LogP contribution in [0.25, 0.3) is 0 Å². The van der Waals surface area contributed by atoms with Gasteiger partial charge in [-0.1, -0.05) is 13.3 Å². The number of carbonyl (C=O) groups excluding carboxylic acids is 1. The highest BCUT2D eigenvalue weighted by Gasteiger charge is 2.18. The van der Waals surface area contributed by atoms with Gasteiger partial charge in [-0.3, -0.25) is 9.78 Å². The summed E-state index contributed by atoms with van der Waals surface area (Å²) in [6, 6.07) is 1.58. The fourth-order valence-electron chi connectivity index (χ4n) is 1.72. The van der Waals surface area contributed by atoms with Gasteiger partial charge in [0, 0.05) is 18.2 Å². The van der Waals surface area contributed by atoms with E-state index >= 15 is 0 Å². The van der Waals surface area contributed by atoms with Gasteiger partial charge in [-0.25, -0.2) is 4.39 Å². The van der Waals surface area contributed by atoms with E-state index in [0.717, 1.165) is 25.5 Å². The first-order valence-corrected chi connectivity index (χ1v) is 5.91. The molecule has 2 N–H and O–H groups in total. The summed E-state index contributed by atoms with van der Waals surface area (Å²) in [6.07, 6.45) is 5.02. The number of Topliss-reactive ketones (excluding diaryl/α,β-unsaturated/α-hetero) is 1. The molecule has 1 heterocycles. The van der Waals surface area contributed by atoms with Crippen molar-refractivity contribution in [2.75, 3.05) is 0 Å². The molecule has 0 saturated heterocycles. The summed E-state index contributed by atoms with van der Waals surface area (Å²) in [5, 5.41) is 0. The maximum atomic E-state index is 13.3. The van der Waals surface area contributed by atoms with Gasteiger partial charge in [0.25, 0.3) is 0 Å². The quantitative estimate of drug-likeness (QED) is 0.775. The first-order chi connectivity index (χ1) is 8.02. The molecule has 0 bridgehead atoms. The number of ketones is 1. The predicted octanol–water partition coefficient (Wildman–Crippen LogP) is 2.56. The Kier molecular flexibility index (Phi) is 5.22. The largest absolute Gasteiger partial charge is 0.328 e. The standard InChI is InChI=1S/C13H19FN2O/c1-9(4-3-5-10(2)15)13(17)11-6-7-16-8-12(11)14/h6-10H,3-5,15H2,1-2H3. The maximum absolute atomic E-state index is 13.3. The van der Waals surface area contributed by atoms with Crippen LogP contribution in [0.3, 0.4) is 0 Å². The van der Waals surface area contributed by atoms with Crippen LogP contribution in [0.15, 0.2) is 18.5 Å². The summed E-state index contributed by atoms with van der Waals surface area (Å²) in [6.45, 7) is 3.76. The Morgan fingerprint density at radius 2 is 2.18 bits per heavy atom. The van der Waals surface area contributed by atoms with Crippen molar-refractivity contribution in [1.82, 2.24) is 4.98 Å². The molecule has 1 aromatic heterocycles. The Hall–Kier alpha value is -1.29. The second-order valence-electron chi connectivity index (χ2n) is 4.53. The number of rotatable bonds is 6. The van der Waals surface area contributed by atoms with Crippen LogP contribution in [-0.4, -0.2) is 16.8 Å². The lowest BCUT2D eigenvalue weighted by molar-refractivity contribution is 0.0917. The van der Waals surface area contributed by atoms with Crippen molar-refractivity contribution in [3.8, 4) is 0 Å². The zero-order valence-electron chi connectivity index (χ0n) is 10.3. The predicted molar refractivity (Wildman–Crippen MR) is 65.2 cm³/mol. The molecule has 17 heavy (non-hydrogen) atoms. The van der Waals surface area contributed by atoms with Crippen LogP contribution in [-0.2, 0) is 0 Å². The smallest absolute Gasteiger partial charge is 0.168 e. The highest BCUT2D eigenvalue weighted by Crippen LogP contribution is 2.17. The Morgan fingerprint density at radius 1 is 1.47 bits per heavy atom. The number of halogens is 1.